The van der Waals surface area contributed by atoms with Crippen LogP contribution in [0.2, 0.25) is 0 Å². The fraction of sp³-hybridized carbons (Fsp3) is 0.538. The van der Waals surface area contributed by atoms with E-state index in [1.165, 1.54) is 57.1 Å². The number of benzene rings is 2. The molecule has 5 rings (SSSR count). The molecule has 0 aliphatic carbocycles. The molecule has 5 nitrogen and oxygen atoms in total. The molecule has 0 fully saturated rings. The van der Waals surface area contributed by atoms with Gasteiger partial charge in [0.25, 0.3) is 0 Å². The first-order valence-corrected chi connectivity index (χ1v) is 18.1. The van der Waals surface area contributed by atoms with Crippen molar-refractivity contribution in [2.75, 3.05) is 27.0 Å². The topological polar surface area (TPSA) is 61.3 Å². The molecule has 4 unspecified atom stereocenters. The van der Waals surface area contributed by atoms with E-state index in [9.17, 15) is 0 Å². The Bertz CT molecular complexity index is 1460. The molecule has 0 bridgehead atoms. The van der Waals surface area contributed by atoms with E-state index in [-0.39, 0.29) is 17.1 Å². The molecule has 2 aliphatic rings. The van der Waals surface area contributed by atoms with Gasteiger partial charge in [-0.1, -0.05) is 40.7 Å². The summed E-state index contributed by atoms with van der Waals surface area (Å²) in [6, 6.07) is 13.8. The van der Waals surface area contributed by atoms with Crippen molar-refractivity contribution in [1.29, 1.82) is 0 Å². The van der Waals surface area contributed by atoms with E-state index in [0.717, 1.165) is 30.0 Å². The predicted molar refractivity (Wildman–Crippen MR) is 199 cm³/mol. The van der Waals surface area contributed by atoms with Crippen molar-refractivity contribution in [2.45, 2.75) is 136 Å². The van der Waals surface area contributed by atoms with E-state index < -0.39 is 0 Å². The molecule has 4 N–H and O–H groups in total. The summed E-state index contributed by atoms with van der Waals surface area (Å²) in [5, 5.41) is 14.7. The van der Waals surface area contributed by atoms with Crippen LogP contribution in [0.1, 0.15) is 130 Å². The molecule has 4 atom stereocenters. The molecule has 0 radical (unpaired) electrons. The van der Waals surface area contributed by atoms with Gasteiger partial charge in [0.15, 0.2) is 0 Å². The summed E-state index contributed by atoms with van der Waals surface area (Å²) in [7, 11) is 0. The predicted octanol–water partition coefficient (Wildman–Crippen LogP) is 11.7. The lowest BCUT2D eigenvalue weighted by Crippen LogP contribution is -2.39. The fourth-order valence-corrected chi connectivity index (χ4v) is 7.46. The van der Waals surface area contributed by atoms with Crippen LogP contribution in [-0.2, 0) is 6.42 Å². The molecule has 1 aromatic heterocycles. The van der Waals surface area contributed by atoms with Gasteiger partial charge in [0.2, 0.25) is 0 Å². The minimum absolute atomic E-state index is 0.00257. The number of thioether (sulfide) groups is 1. The fourth-order valence-electron chi connectivity index (χ4n) is 6.63. The molecule has 0 spiro atoms. The quantitative estimate of drug-likeness (QED) is 0.167. The second-order valence-electron chi connectivity index (χ2n) is 13.9. The molecular weight excluding hydrogens is 573 g/mol. The van der Waals surface area contributed by atoms with Gasteiger partial charge in [0.1, 0.15) is 5.76 Å². The zero-order valence-electron chi connectivity index (χ0n) is 29.7. The molecule has 0 saturated carbocycles. The van der Waals surface area contributed by atoms with Crippen molar-refractivity contribution < 1.29 is 4.42 Å². The van der Waals surface area contributed by atoms with E-state index in [2.05, 4.69) is 128 Å². The summed E-state index contributed by atoms with van der Waals surface area (Å²) in [6.45, 7) is 24.7. The number of rotatable bonds is 10. The molecule has 3 aromatic rings. The Morgan fingerprint density at radius 2 is 1.71 bits per heavy atom. The van der Waals surface area contributed by atoms with Crippen molar-refractivity contribution in [1.82, 2.24) is 0 Å². The van der Waals surface area contributed by atoms with Crippen molar-refractivity contribution in [3.63, 3.8) is 0 Å². The van der Waals surface area contributed by atoms with Crippen LogP contribution in [0.4, 0.5) is 22.7 Å². The molecule has 45 heavy (non-hydrogen) atoms. The number of hydrogen-bond acceptors (Lipinski definition) is 6. The highest BCUT2D eigenvalue weighted by molar-refractivity contribution is 7.99. The summed E-state index contributed by atoms with van der Waals surface area (Å²) in [4.78, 5) is 1.40. The van der Waals surface area contributed by atoms with Crippen molar-refractivity contribution in [3.05, 3.63) is 71.2 Å². The lowest BCUT2D eigenvalue weighted by molar-refractivity contribution is 0.405. The number of nitrogens with one attached hydrogen (secondary N) is 4. The Morgan fingerprint density at radius 3 is 2.33 bits per heavy atom. The van der Waals surface area contributed by atoms with Crippen LogP contribution in [0, 0.1) is 0 Å². The van der Waals surface area contributed by atoms with Crippen molar-refractivity contribution in [2.24, 2.45) is 0 Å². The van der Waals surface area contributed by atoms with E-state index in [1.807, 2.05) is 23.9 Å². The van der Waals surface area contributed by atoms with Crippen LogP contribution >= 0.6 is 11.8 Å². The van der Waals surface area contributed by atoms with Gasteiger partial charge in [-0.05, 0) is 132 Å². The van der Waals surface area contributed by atoms with Crippen LogP contribution in [0.25, 0.3) is 5.57 Å². The molecule has 6 heteroatoms. The van der Waals surface area contributed by atoms with Crippen LogP contribution in [0.3, 0.4) is 0 Å². The normalized spacial score (nSPS) is 21.0. The number of allylic oxidation sites excluding steroid dienone is 1. The average molecular weight is 631 g/mol. The lowest BCUT2D eigenvalue weighted by Gasteiger charge is -2.41. The number of anilines is 4. The largest absolute Gasteiger partial charge is 0.467 e. The second-order valence-corrected chi connectivity index (χ2v) is 15.2. The van der Waals surface area contributed by atoms with Gasteiger partial charge >= 0.3 is 0 Å². The van der Waals surface area contributed by atoms with Gasteiger partial charge in [-0.25, -0.2) is 0 Å². The van der Waals surface area contributed by atoms with Gasteiger partial charge < -0.3 is 25.7 Å². The third-order valence-corrected chi connectivity index (χ3v) is 10.3. The first kappa shape index (κ1) is 34.9. The summed E-state index contributed by atoms with van der Waals surface area (Å²) in [5.74, 6) is 2.67. The van der Waals surface area contributed by atoms with Crippen LogP contribution in [0.5, 0.6) is 0 Å². The Hall–Kier alpha value is -2.99. The van der Waals surface area contributed by atoms with Crippen molar-refractivity contribution in [3.8, 4) is 0 Å². The summed E-state index contributed by atoms with van der Waals surface area (Å²) < 4.78 is 5.50. The second kappa shape index (κ2) is 14.6. The van der Waals surface area contributed by atoms with E-state index in [0.29, 0.717) is 12.0 Å². The molecule has 246 valence electrons. The molecule has 0 amide bonds. The average Bonchev–Trinajstić information content (AvgIpc) is 3.53. The van der Waals surface area contributed by atoms with Crippen LogP contribution in [-0.4, -0.2) is 22.9 Å². The Balaban J connectivity index is 0.000000205. The molecule has 0 saturated heterocycles. The first-order chi connectivity index (χ1) is 21.3. The number of aryl methyl sites for hydroxylation is 1. The highest BCUT2D eigenvalue weighted by Crippen LogP contribution is 2.46. The zero-order chi connectivity index (χ0) is 32.9. The van der Waals surface area contributed by atoms with Crippen LogP contribution < -0.4 is 21.3 Å². The number of furan rings is 1. The van der Waals surface area contributed by atoms with E-state index in [1.54, 1.807) is 6.26 Å². The van der Waals surface area contributed by atoms with Crippen molar-refractivity contribution >= 4 is 40.1 Å². The third kappa shape index (κ3) is 8.44. The first-order valence-electron chi connectivity index (χ1n) is 17.1. The van der Waals surface area contributed by atoms with Gasteiger partial charge in [0.05, 0.1) is 23.5 Å². The Labute approximate surface area is 277 Å². The maximum atomic E-state index is 5.50. The summed E-state index contributed by atoms with van der Waals surface area (Å²) in [5.41, 5.74) is 10.7. The van der Waals surface area contributed by atoms with Gasteiger partial charge in [0, 0.05) is 39.1 Å². The standard InChI is InChI=1S/C20H26N2O.C19H32N2S/c1-6-15-10-16(21-14(3)18-8-7-9-23-18)11-17-13(2)12-20(4,5)22-19(15)17;1-7-14(5)20-15-10-16-13(4)12-19(6,8-2)21-18(16)17(11-15)22-9-3/h7-12,14,21-22H,6H2,1-5H3;10-11,13-14,20-21H,7-9,12H2,1-6H3. The molecule has 2 aromatic carbocycles. The maximum absolute atomic E-state index is 5.50. The third-order valence-electron chi connectivity index (χ3n) is 9.36. The SMILES string of the molecule is CCSc1cc(NC(C)CC)cc2c1NC(C)(CC)CC2C.CCc1cc(NC(C)c2ccco2)cc2c1NC(C)(C)C=C2C. The lowest BCUT2D eigenvalue weighted by atomic mass is 9.79. The Kier molecular flexibility index (Phi) is 11.3. The monoisotopic (exact) mass is 630 g/mol. The minimum atomic E-state index is -0.00257. The van der Waals surface area contributed by atoms with Crippen LogP contribution in [0.15, 0.2) is 58.1 Å². The Morgan fingerprint density at radius 1 is 0.978 bits per heavy atom. The summed E-state index contributed by atoms with van der Waals surface area (Å²) in [6.07, 6.45) is 8.54. The smallest absolute Gasteiger partial charge is 0.125 e. The molecule has 3 heterocycles. The maximum Gasteiger partial charge on any atom is 0.125 e. The highest BCUT2D eigenvalue weighted by Gasteiger charge is 2.33. The minimum Gasteiger partial charge on any atom is -0.467 e. The zero-order valence-corrected chi connectivity index (χ0v) is 30.5. The molecule has 2 aliphatic heterocycles. The molecular formula is C39H58N4OS. The van der Waals surface area contributed by atoms with E-state index >= 15 is 0 Å². The highest BCUT2D eigenvalue weighted by atomic mass is 32.2. The number of hydrogen-bond donors (Lipinski definition) is 4. The van der Waals surface area contributed by atoms with Gasteiger partial charge in [-0.15, -0.1) is 11.8 Å². The summed E-state index contributed by atoms with van der Waals surface area (Å²) >= 11 is 1.95. The van der Waals surface area contributed by atoms with E-state index in [4.69, 9.17) is 4.42 Å². The van der Waals surface area contributed by atoms with Gasteiger partial charge in [-0.2, -0.15) is 0 Å². The van der Waals surface area contributed by atoms with Gasteiger partial charge in [-0.3, -0.25) is 0 Å². The number of fused-ring (bicyclic) bond motifs is 2.